The maximum atomic E-state index is 12.7. The molecule has 1 fully saturated rings. The zero-order valence-corrected chi connectivity index (χ0v) is 32.6. The van der Waals surface area contributed by atoms with Gasteiger partial charge in [-0.2, -0.15) is 0 Å². The Labute approximate surface area is 328 Å². The second kappa shape index (κ2) is 34.3. The fraction of sp³-hybridized carbons (Fsp3) is 0.467. The Balaban J connectivity index is 2.51. The van der Waals surface area contributed by atoms with Gasteiger partial charge in [-0.1, -0.05) is 154 Å². The maximum Gasteiger partial charge on any atom is 0.306 e. The fourth-order valence-electron chi connectivity index (χ4n) is 4.78. The molecule has 3 unspecified atom stereocenters. The SMILES string of the molecule is CC/C=C/C=C/C=C/C=C/C=C/C=C/CCCCCC(=O)OCC(CO[C@H]1O[C@@H](CO)[C@@H](O)C(O)C1O)OC(=O)CCC/C=C/C=C/C=C/C=C/C=C/CC. The monoisotopic (exact) mass is 764 g/mol. The Morgan fingerprint density at radius 3 is 1.55 bits per heavy atom. The minimum Gasteiger partial charge on any atom is -0.462 e. The average molecular weight is 765 g/mol. The predicted molar refractivity (Wildman–Crippen MR) is 219 cm³/mol. The quantitative estimate of drug-likeness (QED) is 0.0363. The summed E-state index contributed by atoms with van der Waals surface area (Å²) in [5.41, 5.74) is 0. The summed E-state index contributed by atoms with van der Waals surface area (Å²) >= 11 is 0. The highest BCUT2D eigenvalue weighted by Crippen LogP contribution is 2.22. The zero-order valence-electron chi connectivity index (χ0n) is 32.6. The smallest absolute Gasteiger partial charge is 0.306 e. The van der Waals surface area contributed by atoms with Crippen LogP contribution in [0.25, 0.3) is 0 Å². The highest BCUT2D eigenvalue weighted by molar-refractivity contribution is 5.70. The van der Waals surface area contributed by atoms with Gasteiger partial charge in [-0.3, -0.25) is 9.59 Å². The first-order chi connectivity index (χ1) is 26.8. The molecule has 1 aliphatic heterocycles. The summed E-state index contributed by atoms with van der Waals surface area (Å²) in [6, 6.07) is 0. The summed E-state index contributed by atoms with van der Waals surface area (Å²) in [5, 5.41) is 39.9. The molecule has 4 N–H and O–H groups in total. The van der Waals surface area contributed by atoms with E-state index in [0.717, 1.165) is 32.1 Å². The van der Waals surface area contributed by atoms with Gasteiger partial charge < -0.3 is 39.4 Å². The molecule has 0 aliphatic carbocycles. The van der Waals surface area contributed by atoms with Gasteiger partial charge in [0.2, 0.25) is 0 Å². The summed E-state index contributed by atoms with van der Waals surface area (Å²) in [5.74, 6) is -0.966. The molecular formula is C45H64O10. The second-order valence-corrected chi connectivity index (χ2v) is 12.5. The van der Waals surface area contributed by atoms with Gasteiger partial charge >= 0.3 is 11.9 Å². The van der Waals surface area contributed by atoms with Crippen molar-refractivity contribution in [1.29, 1.82) is 0 Å². The molecular weight excluding hydrogens is 700 g/mol. The first-order valence-corrected chi connectivity index (χ1v) is 19.4. The van der Waals surface area contributed by atoms with Crippen molar-refractivity contribution in [3.63, 3.8) is 0 Å². The topological polar surface area (TPSA) is 152 Å². The summed E-state index contributed by atoms with van der Waals surface area (Å²) in [6.07, 6.45) is 41.8. The van der Waals surface area contributed by atoms with Crippen molar-refractivity contribution in [1.82, 2.24) is 0 Å². The van der Waals surface area contributed by atoms with Gasteiger partial charge in [-0.25, -0.2) is 0 Å². The molecule has 0 spiro atoms. The van der Waals surface area contributed by atoms with Gasteiger partial charge in [0.1, 0.15) is 31.0 Å². The lowest BCUT2D eigenvalue weighted by atomic mass is 9.99. The van der Waals surface area contributed by atoms with Gasteiger partial charge in [0.15, 0.2) is 12.4 Å². The van der Waals surface area contributed by atoms with E-state index in [0.29, 0.717) is 19.3 Å². The molecule has 10 nitrogen and oxygen atoms in total. The van der Waals surface area contributed by atoms with Gasteiger partial charge in [0, 0.05) is 12.8 Å². The van der Waals surface area contributed by atoms with Gasteiger partial charge in [-0.05, 0) is 44.9 Å². The molecule has 10 heteroatoms. The number of carbonyl (C=O) groups excluding carboxylic acids is 2. The minimum absolute atomic E-state index is 0.113. The molecule has 1 rings (SSSR count). The van der Waals surface area contributed by atoms with E-state index >= 15 is 0 Å². The number of esters is 2. The molecule has 1 saturated heterocycles. The zero-order chi connectivity index (χ0) is 40.2. The van der Waals surface area contributed by atoms with Gasteiger partial charge in [-0.15, -0.1) is 0 Å². The Hall–Kier alpha value is -4.16. The van der Waals surface area contributed by atoms with Crippen LogP contribution >= 0.6 is 0 Å². The number of rotatable bonds is 28. The Kier molecular flexibility index (Phi) is 30.5. The van der Waals surface area contributed by atoms with E-state index in [-0.39, 0.29) is 26.1 Å². The van der Waals surface area contributed by atoms with Crippen molar-refractivity contribution >= 4 is 11.9 Å². The maximum absolute atomic E-state index is 12.7. The first kappa shape index (κ1) is 48.9. The number of ether oxygens (including phenoxy) is 4. The van der Waals surface area contributed by atoms with Crippen LogP contribution in [0.1, 0.15) is 78.1 Å². The van der Waals surface area contributed by atoms with Crippen molar-refractivity contribution in [2.75, 3.05) is 19.8 Å². The molecule has 0 radical (unpaired) electrons. The molecule has 0 aromatic rings. The lowest BCUT2D eigenvalue weighted by Crippen LogP contribution is -2.59. The standard InChI is InChI=1S/C45H64O10/c1-3-5-7-9-11-13-15-17-18-19-20-22-23-25-27-29-31-33-40(47)52-36-38(37-53-45-44(51)43(50)42(49)39(35-46)55-45)54-41(48)34-32-30-28-26-24-21-16-14-12-10-8-6-4-2/h5-24,26,28,38-39,42-46,49-51H,3-4,25,27,29-37H2,1-2H3/b7-5+,8-6+,11-9+,12-10+,15-13+,16-14+,18-17+,20-19+,23-22+,24-21+,28-26+/t38?,39-,42+,43?,44?,45-/m0/s1. The van der Waals surface area contributed by atoms with E-state index in [1.54, 1.807) is 0 Å². The lowest BCUT2D eigenvalue weighted by Gasteiger charge is -2.39. The van der Waals surface area contributed by atoms with E-state index in [9.17, 15) is 30.0 Å². The molecule has 6 atom stereocenters. The third kappa shape index (κ3) is 26.3. The van der Waals surface area contributed by atoms with Crippen molar-refractivity contribution in [3.8, 4) is 0 Å². The van der Waals surface area contributed by atoms with Crippen molar-refractivity contribution in [3.05, 3.63) is 134 Å². The highest BCUT2D eigenvalue weighted by Gasteiger charge is 2.44. The van der Waals surface area contributed by atoms with Crippen LogP contribution in [0.2, 0.25) is 0 Å². The third-order valence-electron chi connectivity index (χ3n) is 7.82. The number of allylic oxidation sites excluding steroid dienone is 22. The van der Waals surface area contributed by atoms with E-state index in [1.807, 2.05) is 115 Å². The molecule has 0 aromatic heterocycles. The van der Waals surface area contributed by atoms with Crippen LogP contribution in [0.3, 0.4) is 0 Å². The Morgan fingerprint density at radius 2 is 1.04 bits per heavy atom. The van der Waals surface area contributed by atoms with Gasteiger partial charge in [0.05, 0.1) is 13.2 Å². The highest BCUT2D eigenvalue weighted by atomic mass is 16.7. The fourth-order valence-corrected chi connectivity index (χ4v) is 4.78. The summed E-state index contributed by atoms with van der Waals surface area (Å²) < 4.78 is 21.9. The summed E-state index contributed by atoms with van der Waals surface area (Å²) in [7, 11) is 0. The second-order valence-electron chi connectivity index (χ2n) is 12.5. The number of aliphatic hydroxyl groups excluding tert-OH is 4. The molecule has 0 bridgehead atoms. The Bertz CT molecular complexity index is 1340. The Morgan fingerprint density at radius 1 is 0.564 bits per heavy atom. The molecule has 304 valence electrons. The number of hydrogen-bond donors (Lipinski definition) is 4. The van der Waals surface area contributed by atoms with E-state index < -0.39 is 55.4 Å². The van der Waals surface area contributed by atoms with E-state index in [2.05, 4.69) is 32.1 Å². The molecule has 1 heterocycles. The number of carbonyl (C=O) groups is 2. The number of unbranched alkanes of at least 4 members (excludes halogenated alkanes) is 4. The van der Waals surface area contributed by atoms with Crippen LogP contribution in [0.15, 0.2) is 134 Å². The predicted octanol–water partition coefficient (Wildman–Crippen LogP) is 7.32. The van der Waals surface area contributed by atoms with Crippen LogP contribution in [-0.2, 0) is 28.5 Å². The minimum atomic E-state index is -1.62. The molecule has 0 aromatic carbocycles. The van der Waals surface area contributed by atoms with E-state index in [4.69, 9.17) is 18.9 Å². The average Bonchev–Trinajstić information content (AvgIpc) is 3.18. The van der Waals surface area contributed by atoms with Crippen LogP contribution in [-0.4, -0.2) is 89.0 Å². The lowest BCUT2D eigenvalue weighted by molar-refractivity contribution is -0.305. The normalized spacial score (nSPS) is 22.0. The number of hydrogen-bond acceptors (Lipinski definition) is 10. The summed E-state index contributed by atoms with van der Waals surface area (Å²) in [6.45, 7) is 2.95. The molecule has 0 saturated carbocycles. The summed E-state index contributed by atoms with van der Waals surface area (Å²) in [4.78, 5) is 25.2. The van der Waals surface area contributed by atoms with Crippen LogP contribution in [0, 0.1) is 0 Å². The van der Waals surface area contributed by atoms with Gasteiger partial charge in [0.25, 0.3) is 0 Å². The molecule has 1 aliphatic rings. The molecule has 0 amide bonds. The third-order valence-corrected chi connectivity index (χ3v) is 7.82. The van der Waals surface area contributed by atoms with Crippen molar-refractivity contribution < 1.29 is 49.0 Å². The van der Waals surface area contributed by atoms with E-state index in [1.165, 1.54) is 0 Å². The van der Waals surface area contributed by atoms with Crippen molar-refractivity contribution in [2.45, 2.75) is 115 Å². The van der Waals surface area contributed by atoms with Crippen LogP contribution in [0.5, 0.6) is 0 Å². The van der Waals surface area contributed by atoms with Crippen LogP contribution < -0.4 is 0 Å². The molecule has 55 heavy (non-hydrogen) atoms. The number of aliphatic hydroxyl groups is 4. The largest absolute Gasteiger partial charge is 0.462 e. The van der Waals surface area contributed by atoms with Crippen molar-refractivity contribution in [2.24, 2.45) is 0 Å². The van der Waals surface area contributed by atoms with Crippen LogP contribution in [0.4, 0.5) is 0 Å². The first-order valence-electron chi connectivity index (χ1n) is 19.4.